The number of ether oxygens (including phenoxy) is 2. The Hall–Kier alpha value is -3.12. The van der Waals surface area contributed by atoms with Crippen molar-refractivity contribution in [3.63, 3.8) is 0 Å². The molecule has 0 radical (unpaired) electrons. The van der Waals surface area contributed by atoms with Crippen LogP contribution in [0.2, 0.25) is 0 Å². The lowest BCUT2D eigenvalue weighted by Crippen LogP contribution is -2.14. The molecule has 2 atom stereocenters. The molecule has 1 aliphatic rings. The zero-order chi connectivity index (χ0) is 20.2. The second kappa shape index (κ2) is 8.49. The van der Waals surface area contributed by atoms with Crippen LogP contribution in [-0.2, 0) is 23.0 Å². The van der Waals surface area contributed by atoms with Crippen molar-refractivity contribution in [3.8, 4) is 11.5 Å². The molecule has 29 heavy (non-hydrogen) atoms. The summed E-state index contributed by atoms with van der Waals surface area (Å²) in [5, 5.41) is 3.00. The Labute approximate surface area is 170 Å². The first-order valence-electron chi connectivity index (χ1n) is 9.77. The van der Waals surface area contributed by atoms with Gasteiger partial charge in [-0.15, -0.1) is 0 Å². The molecule has 0 spiro atoms. The van der Waals surface area contributed by atoms with Crippen LogP contribution < -0.4 is 10.1 Å². The number of carbonyl (C=O) groups is 1. The molecule has 0 aliphatic heterocycles. The highest BCUT2D eigenvalue weighted by Crippen LogP contribution is 2.47. The molecule has 1 saturated carbocycles. The first-order chi connectivity index (χ1) is 14.1. The maximum atomic E-state index is 12.5. The molecule has 0 bridgehead atoms. The van der Waals surface area contributed by atoms with Crippen molar-refractivity contribution >= 4 is 11.6 Å². The Morgan fingerprint density at radius 2 is 1.83 bits per heavy atom. The number of nitrogens with zero attached hydrogens (tertiary/aromatic N) is 2. The van der Waals surface area contributed by atoms with Crippen LogP contribution in [0.15, 0.2) is 61.1 Å². The van der Waals surface area contributed by atoms with E-state index in [1.165, 1.54) is 5.56 Å². The summed E-state index contributed by atoms with van der Waals surface area (Å²) in [5.41, 5.74) is 3.09. The maximum Gasteiger partial charge on any atom is 0.228 e. The van der Waals surface area contributed by atoms with Crippen molar-refractivity contribution in [2.24, 2.45) is 13.0 Å². The zero-order valence-corrected chi connectivity index (χ0v) is 16.7. The minimum atomic E-state index is 0.0120. The van der Waals surface area contributed by atoms with Gasteiger partial charge in [-0.25, -0.2) is 4.98 Å². The lowest BCUT2D eigenvalue weighted by molar-refractivity contribution is -0.117. The highest BCUT2D eigenvalue weighted by atomic mass is 16.5. The number of nitrogens with one attached hydrogen (secondary N) is 1. The van der Waals surface area contributed by atoms with Gasteiger partial charge in [0, 0.05) is 43.6 Å². The molecule has 1 heterocycles. The fraction of sp³-hybridized carbons (Fsp3) is 0.304. The summed E-state index contributed by atoms with van der Waals surface area (Å²) >= 11 is 0. The van der Waals surface area contributed by atoms with E-state index in [2.05, 4.69) is 10.3 Å². The molecule has 6 nitrogen and oxygen atoms in total. The molecular formula is C23H25N3O3. The number of imidazole rings is 1. The molecule has 0 unspecified atom stereocenters. The van der Waals surface area contributed by atoms with Crippen molar-refractivity contribution in [2.45, 2.75) is 18.8 Å². The van der Waals surface area contributed by atoms with E-state index < -0.39 is 0 Å². The van der Waals surface area contributed by atoms with E-state index in [0.717, 1.165) is 35.7 Å². The van der Waals surface area contributed by atoms with Gasteiger partial charge in [0.15, 0.2) is 0 Å². The van der Waals surface area contributed by atoms with Gasteiger partial charge in [-0.1, -0.05) is 12.1 Å². The van der Waals surface area contributed by atoms with Crippen LogP contribution >= 0.6 is 0 Å². The van der Waals surface area contributed by atoms with Crippen LogP contribution in [0.25, 0.3) is 0 Å². The number of hydrogen-bond donors (Lipinski definition) is 1. The summed E-state index contributed by atoms with van der Waals surface area (Å²) < 4.78 is 13.0. The van der Waals surface area contributed by atoms with E-state index in [-0.39, 0.29) is 17.7 Å². The van der Waals surface area contributed by atoms with E-state index in [4.69, 9.17) is 9.47 Å². The van der Waals surface area contributed by atoms with E-state index in [1.807, 2.05) is 66.3 Å². The quantitative estimate of drug-likeness (QED) is 0.627. The van der Waals surface area contributed by atoms with Crippen LogP contribution in [0.1, 0.15) is 23.6 Å². The second-order valence-corrected chi connectivity index (χ2v) is 7.38. The van der Waals surface area contributed by atoms with Crippen LogP contribution in [0.4, 0.5) is 5.69 Å². The number of anilines is 1. The highest BCUT2D eigenvalue weighted by Gasteiger charge is 2.45. The molecule has 3 aromatic rings. The SMILES string of the molecule is COCCc1ccc(Oc2ccc(NC(=O)[C@@H]3C[C@H]3c3cncn3C)cc2)cc1. The molecule has 1 fully saturated rings. The van der Waals surface area contributed by atoms with Gasteiger partial charge in [0.05, 0.1) is 12.9 Å². The molecular weight excluding hydrogens is 366 g/mol. The van der Waals surface area contributed by atoms with Crippen LogP contribution in [0, 0.1) is 5.92 Å². The second-order valence-electron chi connectivity index (χ2n) is 7.38. The van der Waals surface area contributed by atoms with Gasteiger partial charge in [-0.2, -0.15) is 0 Å². The van der Waals surface area contributed by atoms with Crippen LogP contribution in [0.5, 0.6) is 11.5 Å². The number of rotatable bonds is 8. The number of methoxy groups -OCH3 is 1. The van der Waals surface area contributed by atoms with E-state index in [0.29, 0.717) is 6.61 Å². The van der Waals surface area contributed by atoms with Gasteiger partial charge in [-0.05, 0) is 54.8 Å². The smallest absolute Gasteiger partial charge is 0.228 e. The summed E-state index contributed by atoms with van der Waals surface area (Å²) in [6, 6.07) is 15.4. The monoisotopic (exact) mass is 391 g/mol. The third kappa shape index (κ3) is 4.66. The molecule has 150 valence electrons. The predicted octanol–water partition coefficient (Wildman–Crippen LogP) is 4.14. The topological polar surface area (TPSA) is 65.4 Å². The molecule has 2 aromatic carbocycles. The van der Waals surface area contributed by atoms with E-state index >= 15 is 0 Å². The van der Waals surface area contributed by atoms with Crippen LogP contribution in [0.3, 0.4) is 0 Å². The molecule has 4 rings (SSSR count). The molecule has 1 N–H and O–H groups in total. The van der Waals surface area contributed by atoms with Gasteiger partial charge >= 0.3 is 0 Å². The number of amides is 1. The molecule has 0 saturated heterocycles. The largest absolute Gasteiger partial charge is 0.457 e. The number of carbonyl (C=O) groups excluding carboxylic acids is 1. The van der Waals surface area contributed by atoms with Gasteiger partial charge in [0.2, 0.25) is 5.91 Å². The summed E-state index contributed by atoms with van der Waals surface area (Å²) in [6.07, 6.45) is 5.36. The standard InChI is InChI=1S/C23H25N3O3/c1-26-15-24-14-22(26)20-13-21(20)23(27)25-17-5-9-19(10-6-17)29-18-7-3-16(4-8-18)11-12-28-2/h3-10,14-15,20-21H,11-13H2,1-2H3,(H,25,27)/t20-,21-/m1/s1. The fourth-order valence-electron chi connectivity index (χ4n) is 3.46. The lowest BCUT2D eigenvalue weighted by Gasteiger charge is -2.09. The predicted molar refractivity (Wildman–Crippen MR) is 111 cm³/mol. The highest BCUT2D eigenvalue weighted by molar-refractivity contribution is 5.95. The minimum Gasteiger partial charge on any atom is -0.457 e. The van der Waals surface area contributed by atoms with Crippen molar-refractivity contribution < 1.29 is 14.3 Å². The molecule has 6 heteroatoms. The van der Waals surface area contributed by atoms with Gasteiger partial charge in [0.25, 0.3) is 0 Å². The Bertz CT molecular complexity index is 964. The zero-order valence-electron chi connectivity index (χ0n) is 16.7. The average Bonchev–Trinajstić information content (AvgIpc) is 3.42. The average molecular weight is 391 g/mol. The Morgan fingerprint density at radius 3 is 2.45 bits per heavy atom. The Kier molecular flexibility index (Phi) is 5.62. The Morgan fingerprint density at radius 1 is 1.14 bits per heavy atom. The first kappa shape index (κ1) is 19.2. The van der Waals surface area contributed by atoms with E-state index in [1.54, 1.807) is 13.4 Å². The van der Waals surface area contributed by atoms with E-state index in [9.17, 15) is 4.79 Å². The summed E-state index contributed by atoms with van der Waals surface area (Å²) in [4.78, 5) is 16.6. The van der Waals surface area contributed by atoms with Crippen molar-refractivity contribution in [1.29, 1.82) is 0 Å². The normalized spacial score (nSPS) is 17.7. The molecule has 1 amide bonds. The number of benzene rings is 2. The third-order valence-electron chi connectivity index (χ3n) is 5.24. The number of hydrogen-bond acceptors (Lipinski definition) is 4. The maximum absolute atomic E-state index is 12.5. The van der Waals surface area contributed by atoms with Gasteiger partial charge in [-0.3, -0.25) is 4.79 Å². The van der Waals surface area contributed by atoms with Crippen molar-refractivity contribution in [1.82, 2.24) is 9.55 Å². The Balaban J connectivity index is 1.30. The van der Waals surface area contributed by atoms with Gasteiger partial charge in [0.1, 0.15) is 11.5 Å². The minimum absolute atomic E-state index is 0.0120. The third-order valence-corrected chi connectivity index (χ3v) is 5.24. The molecule has 1 aromatic heterocycles. The first-order valence-corrected chi connectivity index (χ1v) is 9.77. The lowest BCUT2D eigenvalue weighted by atomic mass is 10.1. The van der Waals surface area contributed by atoms with Crippen molar-refractivity contribution in [2.75, 3.05) is 19.0 Å². The summed E-state index contributed by atoms with van der Waals surface area (Å²) in [5.74, 6) is 1.83. The van der Waals surface area contributed by atoms with Crippen molar-refractivity contribution in [3.05, 3.63) is 72.3 Å². The molecule has 1 aliphatic carbocycles. The summed E-state index contributed by atoms with van der Waals surface area (Å²) in [6.45, 7) is 0.705. The van der Waals surface area contributed by atoms with Crippen LogP contribution in [-0.4, -0.2) is 29.2 Å². The van der Waals surface area contributed by atoms with Gasteiger partial charge < -0.3 is 19.4 Å². The number of aromatic nitrogens is 2. The summed E-state index contributed by atoms with van der Waals surface area (Å²) in [7, 11) is 3.66. The number of aryl methyl sites for hydroxylation is 1. The fourth-order valence-corrected chi connectivity index (χ4v) is 3.46.